The van der Waals surface area contributed by atoms with Gasteiger partial charge in [0.2, 0.25) is 0 Å². The number of nitrogens with one attached hydrogen (secondary N) is 1. The molecule has 27 heavy (non-hydrogen) atoms. The van der Waals surface area contributed by atoms with Gasteiger partial charge in [-0.3, -0.25) is 10.1 Å². The number of carboxylic acid groups (broad SMARTS) is 1. The Morgan fingerprint density at radius 2 is 1.81 bits per heavy atom. The first-order valence-corrected chi connectivity index (χ1v) is 8.82. The highest BCUT2D eigenvalue weighted by Gasteiger charge is 2.22. The molecule has 5 nitrogen and oxygen atoms in total. The lowest BCUT2D eigenvalue weighted by atomic mass is 10.0. The molecule has 0 spiro atoms. The predicted octanol–water partition coefficient (Wildman–Crippen LogP) is 3.88. The second-order valence-electron chi connectivity index (χ2n) is 6.73. The summed E-state index contributed by atoms with van der Waals surface area (Å²) in [5, 5.41) is 17.1. The zero-order chi connectivity index (χ0) is 19.4. The molecule has 1 atom stereocenters. The molecule has 6 heteroatoms. The van der Waals surface area contributed by atoms with Gasteiger partial charge < -0.3 is 5.11 Å². The average molecular weight is 367 g/mol. The maximum atomic E-state index is 13.3. The number of hydrogen-bond donors (Lipinski definition) is 2. The smallest absolute Gasteiger partial charge is 0.320 e. The SMILES string of the molecule is CC(C)C(NCc1cn(-c2ccccc2)nc1-c1ccc(F)cc1)C(=O)O. The average Bonchev–Trinajstić information content (AvgIpc) is 3.07. The molecule has 0 bridgehead atoms. The third-order valence-corrected chi connectivity index (χ3v) is 4.37. The summed E-state index contributed by atoms with van der Waals surface area (Å²) >= 11 is 0. The van der Waals surface area contributed by atoms with Crippen molar-refractivity contribution in [2.75, 3.05) is 0 Å². The van der Waals surface area contributed by atoms with Gasteiger partial charge in [-0.25, -0.2) is 9.07 Å². The number of para-hydroxylation sites is 1. The molecule has 0 aliphatic heterocycles. The van der Waals surface area contributed by atoms with Crippen molar-refractivity contribution in [1.29, 1.82) is 0 Å². The lowest BCUT2D eigenvalue weighted by Crippen LogP contribution is -2.40. The van der Waals surface area contributed by atoms with Crippen LogP contribution in [-0.4, -0.2) is 26.9 Å². The maximum Gasteiger partial charge on any atom is 0.320 e. The highest BCUT2D eigenvalue weighted by molar-refractivity contribution is 5.73. The molecule has 1 aromatic heterocycles. The Bertz CT molecular complexity index is 905. The molecule has 0 amide bonds. The van der Waals surface area contributed by atoms with E-state index in [2.05, 4.69) is 10.4 Å². The van der Waals surface area contributed by atoms with Gasteiger partial charge in [-0.2, -0.15) is 5.10 Å². The van der Waals surface area contributed by atoms with Gasteiger partial charge in [-0.1, -0.05) is 32.0 Å². The summed E-state index contributed by atoms with van der Waals surface area (Å²) in [7, 11) is 0. The number of nitrogens with zero attached hydrogens (tertiary/aromatic N) is 2. The molecule has 1 unspecified atom stereocenters. The number of carboxylic acids is 1. The molecule has 2 N–H and O–H groups in total. The van der Waals surface area contributed by atoms with Crippen LogP contribution in [0.2, 0.25) is 0 Å². The molecular formula is C21H22FN3O2. The molecule has 0 saturated carbocycles. The van der Waals surface area contributed by atoms with Crippen LogP contribution in [0.1, 0.15) is 19.4 Å². The zero-order valence-corrected chi connectivity index (χ0v) is 15.3. The van der Waals surface area contributed by atoms with Crippen molar-refractivity contribution in [3.8, 4) is 16.9 Å². The van der Waals surface area contributed by atoms with Crippen molar-refractivity contribution in [2.24, 2.45) is 5.92 Å². The molecular weight excluding hydrogens is 345 g/mol. The Balaban J connectivity index is 1.96. The third kappa shape index (κ3) is 4.41. The largest absolute Gasteiger partial charge is 0.480 e. The van der Waals surface area contributed by atoms with Gasteiger partial charge in [0.15, 0.2) is 0 Å². The molecule has 3 rings (SSSR count). The van der Waals surface area contributed by atoms with Gasteiger partial charge in [0.25, 0.3) is 0 Å². The van der Waals surface area contributed by atoms with Crippen molar-refractivity contribution in [1.82, 2.24) is 15.1 Å². The quantitative estimate of drug-likeness (QED) is 0.665. The number of carbonyl (C=O) groups is 1. The van der Waals surface area contributed by atoms with E-state index in [4.69, 9.17) is 0 Å². The normalized spacial score (nSPS) is 12.3. The Morgan fingerprint density at radius 3 is 2.41 bits per heavy atom. The minimum Gasteiger partial charge on any atom is -0.480 e. The van der Waals surface area contributed by atoms with Crippen LogP contribution >= 0.6 is 0 Å². The summed E-state index contributed by atoms with van der Waals surface area (Å²) in [6.45, 7) is 4.06. The zero-order valence-electron chi connectivity index (χ0n) is 15.3. The van der Waals surface area contributed by atoms with E-state index >= 15 is 0 Å². The van der Waals surface area contributed by atoms with Gasteiger partial charge in [-0.15, -0.1) is 0 Å². The summed E-state index contributed by atoms with van der Waals surface area (Å²) in [5.41, 5.74) is 3.21. The minimum absolute atomic E-state index is 0.0547. The van der Waals surface area contributed by atoms with E-state index < -0.39 is 12.0 Å². The van der Waals surface area contributed by atoms with Crippen LogP contribution in [0.4, 0.5) is 4.39 Å². The molecule has 0 radical (unpaired) electrons. The van der Waals surface area contributed by atoms with E-state index in [1.54, 1.807) is 16.8 Å². The van der Waals surface area contributed by atoms with E-state index in [0.29, 0.717) is 12.2 Å². The fourth-order valence-electron chi connectivity index (χ4n) is 2.93. The molecule has 0 saturated heterocycles. The van der Waals surface area contributed by atoms with Gasteiger partial charge in [-0.05, 0) is 42.3 Å². The van der Waals surface area contributed by atoms with Crippen molar-refractivity contribution in [2.45, 2.75) is 26.4 Å². The molecule has 1 heterocycles. The molecule has 140 valence electrons. The van der Waals surface area contributed by atoms with Crippen molar-refractivity contribution < 1.29 is 14.3 Å². The van der Waals surface area contributed by atoms with Crippen LogP contribution in [0.5, 0.6) is 0 Å². The highest BCUT2D eigenvalue weighted by atomic mass is 19.1. The van der Waals surface area contributed by atoms with E-state index in [1.165, 1.54) is 12.1 Å². The second kappa shape index (κ2) is 8.14. The molecule has 0 aliphatic carbocycles. The predicted molar refractivity (Wildman–Crippen MR) is 102 cm³/mol. The summed E-state index contributed by atoms with van der Waals surface area (Å²) in [5.74, 6) is -1.25. The van der Waals surface area contributed by atoms with Crippen molar-refractivity contribution in [3.05, 3.63) is 72.2 Å². The fraction of sp³-hybridized carbons (Fsp3) is 0.238. The monoisotopic (exact) mass is 367 g/mol. The summed E-state index contributed by atoms with van der Waals surface area (Å²) in [4.78, 5) is 11.5. The Morgan fingerprint density at radius 1 is 1.15 bits per heavy atom. The molecule has 0 fully saturated rings. The standard InChI is InChI=1S/C21H22FN3O2/c1-14(2)19(21(26)27)23-12-16-13-25(18-6-4-3-5-7-18)24-20(16)15-8-10-17(22)11-9-15/h3-11,13-14,19,23H,12H2,1-2H3,(H,26,27). The lowest BCUT2D eigenvalue weighted by molar-refractivity contribution is -0.140. The number of halogens is 1. The maximum absolute atomic E-state index is 13.3. The van der Waals surface area contributed by atoms with Crippen molar-refractivity contribution >= 4 is 5.97 Å². The van der Waals surface area contributed by atoms with Crippen LogP contribution in [0.3, 0.4) is 0 Å². The Labute approximate surface area is 157 Å². The van der Waals surface area contributed by atoms with E-state index in [9.17, 15) is 14.3 Å². The van der Waals surface area contributed by atoms with Crippen molar-refractivity contribution in [3.63, 3.8) is 0 Å². The number of rotatable bonds is 7. The van der Waals surface area contributed by atoms with Crippen LogP contribution in [-0.2, 0) is 11.3 Å². The van der Waals surface area contributed by atoms with Crippen LogP contribution in [0, 0.1) is 11.7 Å². The fourth-order valence-corrected chi connectivity index (χ4v) is 2.93. The summed E-state index contributed by atoms with van der Waals surface area (Å²) in [6, 6.07) is 15.1. The van der Waals surface area contributed by atoms with E-state index in [0.717, 1.165) is 16.8 Å². The third-order valence-electron chi connectivity index (χ3n) is 4.37. The molecule has 0 aliphatic rings. The van der Waals surface area contributed by atoms with Crippen LogP contribution in [0.25, 0.3) is 16.9 Å². The molecule has 3 aromatic rings. The topological polar surface area (TPSA) is 67.2 Å². The Hall–Kier alpha value is -2.99. The van der Waals surface area contributed by atoms with Crippen LogP contribution in [0.15, 0.2) is 60.8 Å². The van der Waals surface area contributed by atoms with Gasteiger partial charge in [0, 0.05) is 23.9 Å². The first kappa shape index (κ1) is 18.8. The summed E-state index contributed by atoms with van der Waals surface area (Å²) < 4.78 is 15.1. The number of benzene rings is 2. The molecule has 2 aromatic carbocycles. The van der Waals surface area contributed by atoms with E-state index in [-0.39, 0.29) is 11.7 Å². The number of hydrogen-bond acceptors (Lipinski definition) is 3. The number of aliphatic carboxylic acids is 1. The number of aromatic nitrogens is 2. The van der Waals surface area contributed by atoms with Gasteiger partial charge in [0.1, 0.15) is 11.9 Å². The Kier molecular flexibility index (Phi) is 5.66. The first-order valence-electron chi connectivity index (χ1n) is 8.82. The van der Waals surface area contributed by atoms with Gasteiger partial charge in [0.05, 0.1) is 11.4 Å². The van der Waals surface area contributed by atoms with E-state index in [1.807, 2.05) is 50.4 Å². The lowest BCUT2D eigenvalue weighted by Gasteiger charge is -2.17. The van der Waals surface area contributed by atoms with Gasteiger partial charge >= 0.3 is 5.97 Å². The second-order valence-corrected chi connectivity index (χ2v) is 6.73. The minimum atomic E-state index is -0.885. The van der Waals surface area contributed by atoms with Crippen LogP contribution < -0.4 is 5.32 Å². The summed E-state index contributed by atoms with van der Waals surface area (Å²) in [6.07, 6.45) is 1.88. The first-order chi connectivity index (χ1) is 13.0. The highest BCUT2D eigenvalue weighted by Crippen LogP contribution is 2.24.